The van der Waals surface area contributed by atoms with Crippen molar-refractivity contribution < 1.29 is 13.2 Å². The molecule has 194 valence electrons. The summed E-state index contributed by atoms with van der Waals surface area (Å²) in [5.74, 6) is -4.24. The highest BCUT2D eigenvalue weighted by Crippen LogP contribution is 2.29. The van der Waals surface area contributed by atoms with E-state index in [1.54, 1.807) is 30.1 Å². The van der Waals surface area contributed by atoms with Crippen LogP contribution < -0.4 is 16.7 Å². The van der Waals surface area contributed by atoms with Crippen molar-refractivity contribution in [2.24, 2.45) is 7.05 Å². The number of hydrogen-bond donors (Lipinski definition) is 1. The number of pyridine rings is 1. The van der Waals surface area contributed by atoms with Crippen LogP contribution in [0.5, 0.6) is 0 Å². The van der Waals surface area contributed by atoms with Crippen LogP contribution >= 0.6 is 34.8 Å². The average Bonchev–Trinajstić information content (AvgIpc) is 3.20. The van der Waals surface area contributed by atoms with E-state index in [2.05, 4.69) is 20.4 Å². The first-order chi connectivity index (χ1) is 18.0. The van der Waals surface area contributed by atoms with E-state index in [0.29, 0.717) is 27.6 Å². The molecule has 1 N–H and O–H groups in total. The molecule has 5 rings (SSSR count). The minimum absolute atomic E-state index is 0.0626. The van der Waals surface area contributed by atoms with Crippen molar-refractivity contribution in [3.05, 3.63) is 102 Å². The van der Waals surface area contributed by atoms with Gasteiger partial charge in [-0.1, -0.05) is 34.8 Å². The summed E-state index contributed by atoms with van der Waals surface area (Å²) in [6.45, 7) is -0.657. The molecular formula is C23H13Cl3F3N7O2. The molecule has 0 fully saturated rings. The van der Waals surface area contributed by atoms with Gasteiger partial charge in [-0.2, -0.15) is 10.1 Å². The molecule has 0 saturated carbocycles. The lowest BCUT2D eigenvalue weighted by atomic mass is 10.2. The third kappa shape index (κ3) is 4.73. The highest BCUT2D eigenvalue weighted by atomic mass is 35.5. The SMILES string of the molecule is Cn1cc2cc(Nc3nc(=O)n(-c4cc(Cl)cnc4Cl)c(=O)n3Cc3cc(F)c(F)cc3F)c(Cl)cc2n1. The van der Waals surface area contributed by atoms with Gasteiger partial charge in [0.2, 0.25) is 5.95 Å². The van der Waals surface area contributed by atoms with Gasteiger partial charge in [-0.3, -0.25) is 9.25 Å². The van der Waals surface area contributed by atoms with E-state index in [4.69, 9.17) is 34.8 Å². The van der Waals surface area contributed by atoms with Gasteiger partial charge in [0.25, 0.3) is 0 Å². The molecule has 38 heavy (non-hydrogen) atoms. The summed E-state index contributed by atoms with van der Waals surface area (Å²) in [4.78, 5) is 34.4. The molecule has 0 aliphatic heterocycles. The molecule has 0 atom stereocenters. The van der Waals surface area contributed by atoms with E-state index in [0.717, 1.165) is 4.57 Å². The Morgan fingerprint density at radius 3 is 2.47 bits per heavy atom. The van der Waals surface area contributed by atoms with Crippen LogP contribution in [0.2, 0.25) is 15.2 Å². The number of hydrogen-bond acceptors (Lipinski definition) is 6. The van der Waals surface area contributed by atoms with Crippen molar-refractivity contribution in [2.45, 2.75) is 6.54 Å². The lowest BCUT2D eigenvalue weighted by molar-refractivity contribution is 0.487. The first-order valence-electron chi connectivity index (χ1n) is 10.6. The molecule has 5 aromatic rings. The Labute approximate surface area is 225 Å². The number of halogens is 6. The molecule has 15 heteroatoms. The molecule has 0 spiro atoms. The van der Waals surface area contributed by atoms with Gasteiger partial charge in [-0.05, 0) is 24.3 Å². The van der Waals surface area contributed by atoms with E-state index >= 15 is 0 Å². The van der Waals surface area contributed by atoms with Crippen molar-refractivity contribution in [1.82, 2.24) is 28.9 Å². The number of nitrogens with one attached hydrogen (secondary N) is 1. The number of aromatic nitrogens is 6. The van der Waals surface area contributed by atoms with E-state index in [1.807, 2.05) is 0 Å². The van der Waals surface area contributed by atoms with Gasteiger partial charge in [0.05, 0.1) is 33.5 Å². The molecule has 3 heterocycles. The predicted molar refractivity (Wildman–Crippen MR) is 136 cm³/mol. The van der Waals surface area contributed by atoms with Gasteiger partial charge in [-0.15, -0.1) is 0 Å². The molecule has 0 aliphatic rings. The fourth-order valence-corrected chi connectivity index (χ4v) is 4.29. The summed E-state index contributed by atoms with van der Waals surface area (Å²) in [5, 5.41) is 7.71. The molecular weight excluding hydrogens is 570 g/mol. The monoisotopic (exact) mass is 581 g/mol. The molecule has 0 amide bonds. The van der Waals surface area contributed by atoms with Gasteiger partial charge in [0.15, 0.2) is 16.8 Å². The quantitative estimate of drug-likeness (QED) is 0.235. The Bertz CT molecular complexity index is 1870. The van der Waals surface area contributed by atoms with E-state index in [1.165, 1.54) is 12.3 Å². The Balaban J connectivity index is 1.72. The van der Waals surface area contributed by atoms with Crippen molar-refractivity contribution >= 4 is 57.3 Å². The lowest BCUT2D eigenvalue weighted by Crippen LogP contribution is -2.42. The van der Waals surface area contributed by atoms with Crippen LogP contribution in [0.1, 0.15) is 5.56 Å². The fraction of sp³-hybridized carbons (Fsp3) is 0.0870. The number of fused-ring (bicyclic) bond motifs is 1. The van der Waals surface area contributed by atoms with E-state index in [9.17, 15) is 22.8 Å². The first-order valence-corrected chi connectivity index (χ1v) is 11.7. The Hall–Kier alpha value is -3.87. The van der Waals surface area contributed by atoms with Crippen LogP contribution in [0.4, 0.5) is 24.8 Å². The molecule has 0 aliphatic carbocycles. The topological polar surface area (TPSA) is 99.6 Å². The van der Waals surface area contributed by atoms with Gasteiger partial charge < -0.3 is 5.32 Å². The fourth-order valence-electron chi connectivity index (χ4n) is 3.75. The molecule has 0 radical (unpaired) electrons. The zero-order chi connectivity index (χ0) is 27.3. The highest BCUT2D eigenvalue weighted by molar-refractivity contribution is 6.34. The minimum atomic E-state index is -1.41. The lowest BCUT2D eigenvalue weighted by Gasteiger charge is -2.17. The number of aryl methyl sites for hydroxylation is 1. The average molecular weight is 583 g/mol. The second kappa shape index (κ2) is 9.78. The normalized spacial score (nSPS) is 11.3. The predicted octanol–water partition coefficient (Wildman–Crippen LogP) is 4.85. The van der Waals surface area contributed by atoms with Crippen molar-refractivity contribution in [3.63, 3.8) is 0 Å². The standard InChI is InChI=1S/C23H13Cl3F3N7O2/c1-34-8-11-3-18(13(25)5-17(11)33-34)31-21-32-22(37)36(19-4-12(24)7-30-20(19)26)23(38)35(21)9-10-2-15(28)16(29)6-14(10)27/h2-8H,9H2,1H3,(H,31,32,37). The van der Waals surface area contributed by atoms with Crippen LogP contribution in [0.25, 0.3) is 16.6 Å². The maximum Gasteiger partial charge on any atom is 0.359 e. The Morgan fingerprint density at radius 1 is 0.974 bits per heavy atom. The van der Waals surface area contributed by atoms with Crippen molar-refractivity contribution in [1.29, 1.82) is 0 Å². The number of nitrogens with zero attached hydrogens (tertiary/aromatic N) is 6. The zero-order valence-corrected chi connectivity index (χ0v) is 21.3. The number of anilines is 2. The van der Waals surface area contributed by atoms with Crippen LogP contribution in [0.15, 0.2) is 52.3 Å². The maximum atomic E-state index is 14.6. The Morgan fingerprint density at radius 2 is 1.71 bits per heavy atom. The second-order valence-electron chi connectivity index (χ2n) is 8.06. The molecule has 9 nitrogen and oxygen atoms in total. The van der Waals surface area contributed by atoms with Crippen molar-refractivity contribution in [2.75, 3.05) is 5.32 Å². The number of rotatable bonds is 5. The van der Waals surface area contributed by atoms with Gasteiger partial charge >= 0.3 is 11.4 Å². The van der Waals surface area contributed by atoms with Crippen LogP contribution in [-0.2, 0) is 13.6 Å². The third-order valence-electron chi connectivity index (χ3n) is 5.47. The summed E-state index contributed by atoms with van der Waals surface area (Å²) in [7, 11) is 1.71. The first kappa shape index (κ1) is 25.8. The van der Waals surface area contributed by atoms with E-state index in [-0.39, 0.29) is 32.5 Å². The second-order valence-corrected chi connectivity index (χ2v) is 9.26. The minimum Gasteiger partial charge on any atom is -0.324 e. The maximum absolute atomic E-state index is 14.6. The summed E-state index contributed by atoms with van der Waals surface area (Å²) >= 11 is 18.5. The van der Waals surface area contributed by atoms with Crippen molar-refractivity contribution in [3.8, 4) is 5.69 Å². The molecule has 0 saturated heterocycles. The van der Waals surface area contributed by atoms with Crippen LogP contribution in [0, 0.1) is 17.5 Å². The summed E-state index contributed by atoms with van der Waals surface area (Å²) in [6, 6.07) is 5.30. The summed E-state index contributed by atoms with van der Waals surface area (Å²) < 4.78 is 45.0. The van der Waals surface area contributed by atoms with Gasteiger partial charge in [0, 0.05) is 36.5 Å². The molecule has 3 aromatic heterocycles. The summed E-state index contributed by atoms with van der Waals surface area (Å²) in [5.41, 5.74) is -1.91. The van der Waals surface area contributed by atoms with E-state index < -0.39 is 40.9 Å². The largest absolute Gasteiger partial charge is 0.359 e. The van der Waals surface area contributed by atoms with Gasteiger partial charge in [0.1, 0.15) is 5.82 Å². The highest BCUT2D eigenvalue weighted by Gasteiger charge is 2.21. The smallest absolute Gasteiger partial charge is 0.324 e. The Kier molecular flexibility index (Phi) is 6.63. The van der Waals surface area contributed by atoms with Gasteiger partial charge in [-0.25, -0.2) is 32.3 Å². The molecule has 0 unspecified atom stereocenters. The number of benzene rings is 2. The molecule has 0 bridgehead atoms. The van der Waals surface area contributed by atoms with Crippen LogP contribution in [-0.4, -0.2) is 28.9 Å². The van der Waals surface area contributed by atoms with Crippen LogP contribution in [0.3, 0.4) is 0 Å². The third-order valence-corrected chi connectivity index (χ3v) is 6.28. The zero-order valence-electron chi connectivity index (χ0n) is 19.0. The molecule has 2 aromatic carbocycles. The summed E-state index contributed by atoms with van der Waals surface area (Å²) in [6.07, 6.45) is 2.91.